The van der Waals surface area contributed by atoms with Crippen LogP contribution in [0, 0.1) is 0 Å². The van der Waals surface area contributed by atoms with Gasteiger partial charge in [0.15, 0.2) is 0 Å². The Hall–Kier alpha value is -0.510. The molecule has 1 aliphatic rings. The van der Waals surface area contributed by atoms with E-state index in [1.165, 1.54) is 0 Å². The van der Waals surface area contributed by atoms with Crippen molar-refractivity contribution in [3.8, 4) is 0 Å². The summed E-state index contributed by atoms with van der Waals surface area (Å²) in [7, 11) is -2.55. The maximum absolute atomic E-state index is 9.49. The molecule has 4 nitrogen and oxygen atoms in total. The molecule has 88 valence electrons. The Labute approximate surface area is 95.7 Å². The van der Waals surface area contributed by atoms with Gasteiger partial charge in [-0.2, -0.15) is 13.9 Å². The van der Waals surface area contributed by atoms with Gasteiger partial charge < -0.3 is 4.74 Å². The van der Waals surface area contributed by atoms with Crippen molar-refractivity contribution in [2.75, 3.05) is 19.9 Å². The molecule has 0 bridgehead atoms. The lowest BCUT2D eigenvalue weighted by atomic mass is 10.2. The van der Waals surface area contributed by atoms with Crippen LogP contribution in [-0.2, 0) is 20.4 Å². The van der Waals surface area contributed by atoms with Crippen molar-refractivity contribution in [3.63, 3.8) is 0 Å². The van der Waals surface area contributed by atoms with Crippen molar-refractivity contribution in [2.45, 2.75) is 12.7 Å². The minimum absolute atomic E-state index is 0.0968. The summed E-state index contributed by atoms with van der Waals surface area (Å²) in [5.74, 6) is 0. The molecule has 0 amide bonds. The van der Waals surface area contributed by atoms with E-state index in [0.717, 1.165) is 5.56 Å². The summed E-state index contributed by atoms with van der Waals surface area (Å²) in [6.45, 7) is 2.92. The Morgan fingerprint density at radius 1 is 1.31 bits per heavy atom. The first kappa shape index (κ1) is 12.0. The molecule has 0 aliphatic carbocycles. The number of rotatable bonds is 3. The molecule has 0 aromatic heterocycles. The molecule has 1 aliphatic heterocycles. The molecule has 0 saturated carbocycles. The summed E-state index contributed by atoms with van der Waals surface area (Å²) in [5, 5.41) is 0. The van der Waals surface area contributed by atoms with Crippen LogP contribution in [0.25, 0.3) is 0 Å². The van der Waals surface area contributed by atoms with Crippen molar-refractivity contribution >= 4 is 7.94 Å². The van der Waals surface area contributed by atoms with Crippen LogP contribution in [0.1, 0.15) is 5.56 Å². The average Bonchev–Trinajstić information content (AvgIpc) is 2.29. The standard InChI is InChI=1S/C11H16O4P/c1-16(12)14-8-11(9-15-16)13-7-10-5-3-2-4-6-10/h2-6,11-12H,7-9H2,1H3/q+1. The van der Waals surface area contributed by atoms with E-state index < -0.39 is 7.94 Å². The van der Waals surface area contributed by atoms with E-state index in [1.807, 2.05) is 30.3 Å². The van der Waals surface area contributed by atoms with Gasteiger partial charge in [0.1, 0.15) is 26.0 Å². The third-order valence-electron chi connectivity index (χ3n) is 2.33. The lowest BCUT2D eigenvalue weighted by Crippen LogP contribution is -2.30. The molecule has 0 spiro atoms. The van der Waals surface area contributed by atoms with Crippen molar-refractivity contribution < 1.29 is 18.7 Å². The number of ether oxygens (including phenoxy) is 1. The molecular formula is C11H16O4P+. The minimum Gasteiger partial charge on any atom is -0.368 e. The molecule has 0 unspecified atom stereocenters. The van der Waals surface area contributed by atoms with Gasteiger partial charge in [0.25, 0.3) is 0 Å². The fraction of sp³-hybridized carbons (Fsp3) is 0.455. The fourth-order valence-corrected chi connectivity index (χ4v) is 2.37. The van der Waals surface area contributed by atoms with Crippen molar-refractivity contribution in [1.82, 2.24) is 0 Å². The Kier molecular flexibility index (Phi) is 3.90. The Balaban J connectivity index is 1.76. The van der Waals surface area contributed by atoms with Crippen LogP contribution in [-0.4, -0.2) is 30.9 Å². The molecule has 1 aromatic carbocycles. The zero-order chi connectivity index (χ0) is 11.4. The van der Waals surface area contributed by atoms with E-state index in [-0.39, 0.29) is 6.10 Å². The molecule has 5 heteroatoms. The van der Waals surface area contributed by atoms with Gasteiger partial charge in [-0.1, -0.05) is 30.3 Å². The molecule has 1 aromatic rings. The number of benzene rings is 1. The van der Waals surface area contributed by atoms with Crippen LogP contribution in [0.15, 0.2) is 30.3 Å². The van der Waals surface area contributed by atoms with Gasteiger partial charge in [0, 0.05) is 0 Å². The van der Waals surface area contributed by atoms with Gasteiger partial charge in [-0.15, -0.1) is 0 Å². The maximum Gasteiger partial charge on any atom is 0.405 e. The van der Waals surface area contributed by atoms with Crippen LogP contribution < -0.4 is 0 Å². The number of hydrogen-bond donors (Lipinski definition) is 1. The zero-order valence-electron chi connectivity index (χ0n) is 9.20. The van der Waals surface area contributed by atoms with Crippen molar-refractivity contribution in [2.24, 2.45) is 0 Å². The van der Waals surface area contributed by atoms with Gasteiger partial charge >= 0.3 is 7.94 Å². The van der Waals surface area contributed by atoms with Crippen LogP contribution in [0.5, 0.6) is 0 Å². The molecule has 0 radical (unpaired) electrons. The van der Waals surface area contributed by atoms with Crippen molar-refractivity contribution in [3.05, 3.63) is 35.9 Å². The summed E-state index contributed by atoms with van der Waals surface area (Å²) in [6.07, 6.45) is -0.0968. The van der Waals surface area contributed by atoms with Crippen LogP contribution in [0.4, 0.5) is 0 Å². The monoisotopic (exact) mass is 243 g/mol. The minimum atomic E-state index is -2.55. The topological polar surface area (TPSA) is 47.9 Å². The highest BCUT2D eigenvalue weighted by Gasteiger charge is 2.40. The lowest BCUT2D eigenvalue weighted by Gasteiger charge is -2.24. The normalized spacial score (nSPS) is 30.2. The first-order valence-corrected chi connectivity index (χ1v) is 7.22. The van der Waals surface area contributed by atoms with E-state index in [2.05, 4.69) is 0 Å². The third-order valence-corrected chi connectivity index (χ3v) is 3.58. The Morgan fingerprint density at radius 3 is 2.56 bits per heavy atom. The van der Waals surface area contributed by atoms with Crippen LogP contribution in [0.2, 0.25) is 0 Å². The van der Waals surface area contributed by atoms with E-state index in [4.69, 9.17) is 13.8 Å². The highest BCUT2D eigenvalue weighted by atomic mass is 31.2. The van der Waals surface area contributed by atoms with Gasteiger partial charge in [0.2, 0.25) is 0 Å². The molecule has 16 heavy (non-hydrogen) atoms. The average molecular weight is 243 g/mol. The quantitative estimate of drug-likeness (QED) is 0.825. The Bertz CT molecular complexity index is 318. The summed E-state index contributed by atoms with van der Waals surface area (Å²) in [5.41, 5.74) is 1.12. The molecule has 1 heterocycles. The van der Waals surface area contributed by atoms with Gasteiger partial charge in [-0.25, -0.2) is 0 Å². The largest absolute Gasteiger partial charge is 0.405 e. The first-order chi connectivity index (χ1) is 7.66. The summed E-state index contributed by atoms with van der Waals surface area (Å²) in [6, 6.07) is 9.94. The Morgan fingerprint density at radius 2 is 1.94 bits per heavy atom. The predicted molar refractivity (Wildman–Crippen MR) is 62.0 cm³/mol. The van der Waals surface area contributed by atoms with E-state index in [0.29, 0.717) is 19.8 Å². The molecular weight excluding hydrogens is 227 g/mol. The third kappa shape index (κ3) is 3.51. The number of hydrogen-bond acceptors (Lipinski definition) is 4. The molecule has 2 rings (SSSR count). The highest BCUT2D eigenvalue weighted by molar-refractivity contribution is 7.59. The van der Waals surface area contributed by atoms with Crippen LogP contribution >= 0.6 is 7.94 Å². The van der Waals surface area contributed by atoms with Crippen LogP contribution in [0.3, 0.4) is 0 Å². The first-order valence-electron chi connectivity index (χ1n) is 5.19. The second kappa shape index (κ2) is 5.21. The lowest BCUT2D eigenvalue weighted by molar-refractivity contribution is -0.0508. The summed E-state index contributed by atoms with van der Waals surface area (Å²) in [4.78, 5) is 9.49. The van der Waals surface area contributed by atoms with Gasteiger partial charge in [-0.05, 0) is 5.56 Å². The second-order valence-electron chi connectivity index (χ2n) is 3.81. The predicted octanol–water partition coefficient (Wildman–Crippen LogP) is 2.00. The fourth-order valence-electron chi connectivity index (χ4n) is 1.41. The summed E-state index contributed by atoms with van der Waals surface area (Å²) >= 11 is 0. The zero-order valence-corrected chi connectivity index (χ0v) is 10.1. The van der Waals surface area contributed by atoms with E-state index in [9.17, 15) is 4.89 Å². The molecule has 1 saturated heterocycles. The molecule has 1 fully saturated rings. The molecule has 0 atom stereocenters. The SMILES string of the molecule is C[P+]1(O)OCC(OCc2ccccc2)CO1. The van der Waals surface area contributed by atoms with Crippen molar-refractivity contribution in [1.29, 1.82) is 0 Å². The van der Waals surface area contributed by atoms with E-state index in [1.54, 1.807) is 6.66 Å². The smallest absolute Gasteiger partial charge is 0.368 e. The highest BCUT2D eigenvalue weighted by Crippen LogP contribution is 2.55. The second-order valence-corrected chi connectivity index (χ2v) is 5.94. The van der Waals surface area contributed by atoms with E-state index >= 15 is 0 Å². The summed E-state index contributed by atoms with van der Waals surface area (Å²) < 4.78 is 16.0. The maximum atomic E-state index is 9.49. The molecule has 1 N–H and O–H groups in total. The van der Waals surface area contributed by atoms with Gasteiger partial charge in [0.05, 0.1) is 6.61 Å². The van der Waals surface area contributed by atoms with Gasteiger partial charge in [-0.3, -0.25) is 0 Å².